The van der Waals surface area contributed by atoms with Gasteiger partial charge in [0.05, 0.1) is 24.5 Å². The van der Waals surface area contributed by atoms with E-state index in [2.05, 4.69) is 0 Å². The van der Waals surface area contributed by atoms with Crippen LogP contribution in [0.25, 0.3) is 0 Å². The van der Waals surface area contributed by atoms with Crippen molar-refractivity contribution in [3.05, 3.63) is 114 Å². The van der Waals surface area contributed by atoms with Crippen molar-refractivity contribution in [1.82, 2.24) is 0 Å². The lowest BCUT2D eigenvalue weighted by molar-refractivity contribution is 0.453. The van der Waals surface area contributed by atoms with E-state index in [9.17, 15) is 90.4 Å². The van der Waals surface area contributed by atoms with Crippen molar-refractivity contribution in [2.24, 2.45) is 0 Å². The molecule has 0 unspecified atom stereocenters. The van der Waals surface area contributed by atoms with Crippen LogP contribution in [-0.4, -0.2) is 90.4 Å². The molecule has 5 aromatic rings. The maximum Gasteiger partial charge on any atom is 0.294 e. The molecule has 0 saturated heterocycles. The third-order valence-corrected chi connectivity index (χ3v) is 16.1. The number of hydrogen-bond donors (Lipinski definition) is 10. The second kappa shape index (κ2) is 17.1. The number of phenols is 5. The first-order valence-corrected chi connectivity index (χ1v) is 25.7. The zero-order chi connectivity index (χ0) is 49.4. The van der Waals surface area contributed by atoms with Gasteiger partial charge in [-0.2, -0.15) is 42.1 Å². The lowest BCUT2D eigenvalue weighted by Crippen LogP contribution is -2.12. The van der Waals surface area contributed by atoms with Gasteiger partial charge in [-0.05, 0) is 156 Å². The maximum atomic E-state index is 13.0. The molecule has 25 heteroatoms. The molecule has 0 bridgehead atoms. The van der Waals surface area contributed by atoms with Gasteiger partial charge in [0.15, 0.2) is 0 Å². The molecule has 0 spiro atoms. The van der Waals surface area contributed by atoms with E-state index in [4.69, 9.17) is 0 Å². The fourth-order valence-corrected chi connectivity index (χ4v) is 11.8. The molecular formula is C40H42O20S5. The van der Waals surface area contributed by atoms with E-state index in [0.29, 0.717) is 6.07 Å². The third kappa shape index (κ3) is 9.93. The molecular weight excluding hydrogens is 961 g/mol. The van der Waals surface area contributed by atoms with Crippen LogP contribution >= 0.6 is 0 Å². The summed E-state index contributed by atoms with van der Waals surface area (Å²) in [4.78, 5) is -4.08. The van der Waals surface area contributed by atoms with Gasteiger partial charge in [0, 0.05) is 25.7 Å². The summed E-state index contributed by atoms with van der Waals surface area (Å²) in [5.41, 5.74) is -3.95. The summed E-state index contributed by atoms with van der Waals surface area (Å²) in [6, 6.07) is 4.91. The van der Waals surface area contributed by atoms with Gasteiger partial charge < -0.3 is 25.5 Å². The first-order chi connectivity index (χ1) is 29.5. The summed E-state index contributed by atoms with van der Waals surface area (Å²) >= 11 is 0. The molecule has 0 atom stereocenters. The van der Waals surface area contributed by atoms with Crippen molar-refractivity contribution < 1.29 is 90.4 Å². The van der Waals surface area contributed by atoms with E-state index in [0.717, 1.165) is 37.3 Å². The molecule has 0 aromatic heterocycles. The fourth-order valence-electron chi connectivity index (χ4n) is 7.68. The van der Waals surface area contributed by atoms with E-state index in [1.54, 1.807) is 0 Å². The fraction of sp³-hybridized carbons (Fsp3) is 0.250. The summed E-state index contributed by atoms with van der Waals surface area (Å²) < 4.78 is 177. The van der Waals surface area contributed by atoms with Crippen molar-refractivity contribution in [3.63, 3.8) is 0 Å². The molecule has 5 rings (SSSR count). The van der Waals surface area contributed by atoms with Crippen molar-refractivity contribution in [3.8, 4) is 28.7 Å². The second-order valence-electron chi connectivity index (χ2n) is 15.4. The summed E-state index contributed by atoms with van der Waals surface area (Å²) in [6.45, 7) is 7.37. The molecule has 20 nitrogen and oxygen atoms in total. The second-order valence-corrected chi connectivity index (χ2v) is 22.3. The normalized spacial score (nSPS) is 12.8. The smallest absolute Gasteiger partial charge is 0.294 e. The molecule has 0 aliphatic heterocycles. The van der Waals surface area contributed by atoms with E-state index < -0.39 is 152 Å². The zero-order valence-corrected chi connectivity index (χ0v) is 39.0. The van der Waals surface area contributed by atoms with Crippen molar-refractivity contribution >= 4 is 50.6 Å². The Hall–Kier alpha value is -5.35. The summed E-state index contributed by atoms with van der Waals surface area (Å²) in [5.74, 6) is -3.09. The van der Waals surface area contributed by atoms with Crippen LogP contribution in [0.15, 0.2) is 60.9 Å². The molecule has 0 fully saturated rings. The molecule has 0 aliphatic rings. The van der Waals surface area contributed by atoms with Gasteiger partial charge in [-0.3, -0.25) is 22.8 Å². The highest BCUT2D eigenvalue weighted by Gasteiger charge is 2.31. The number of phenolic OH excluding ortho intramolecular Hbond substituents is 5. The number of benzene rings is 5. The largest absolute Gasteiger partial charge is 0.508 e. The standard InChI is InChI=1S/C40H42O20S5/c1-17-18(2)37(42)23(13-33(17)62(49,50)51)10-28-20(4)39(44)25(15-35(28)64(55,56)57)12-30-22(6)40(45)26(16-36(30)65(58,59)60)11-29-21(5)38(43)24(14-34(29)63(52,53)54)9-27-19(3)31(41)7-8-32(27)61(46,47)48/h7-8,13-16,41-45H,9-12H2,1-6H3,(H,46,47,48)(H,49,50,51)(H,52,53,54)(H,55,56,57)(H,58,59,60). The van der Waals surface area contributed by atoms with Gasteiger partial charge in [-0.25, -0.2) is 0 Å². The van der Waals surface area contributed by atoms with Crippen LogP contribution < -0.4 is 0 Å². The first-order valence-electron chi connectivity index (χ1n) is 18.5. The van der Waals surface area contributed by atoms with Gasteiger partial charge >= 0.3 is 0 Å². The van der Waals surface area contributed by atoms with E-state index in [-0.39, 0.29) is 55.6 Å². The zero-order valence-electron chi connectivity index (χ0n) is 34.9. The topological polar surface area (TPSA) is 373 Å². The first kappa shape index (κ1) is 50.6. The summed E-state index contributed by atoms with van der Waals surface area (Å²) in [7, 11) is -25.6. The average molecular weight is 1000 g/mol. The van der Waals surface area contributed by atoms with Crippen LogP contribution in [0, 0.1) is 41.5 Å². The quantitative estimate of drug-likeness (QED) is 0.0717. The van der Waals surface area contributed by atoms with Crippen LogP contribution in [0.3, 0.4) is 0 Å². The van der Waals surface area contributed by atoms with Gasteiger partial charge in [-0.15, -0.1) is 0 Å². The minimum atomic E-state index is -5.33. The Morgan fingerprint density at radius 3 is 0.846 bits per heavy atom. The van der Waals surface area contributed by atoms with Gasteiger partial charge in [0.25, 0.3) is 50.6 Å². The van der Waals surface area contributed by atoms with Crippen LogP contribution in [-0.2, 0) is 76.3 Å². The van der Waals surface area contributed by atoms with Crippen molar-refractivity contribution in [2.45, 2.75) is 91.7 Å². The Bertz CT molecular complexity index is 3450. The van der Waals surface area contributed by atoms with Crippen molar-refractivity contribution in [1.29, 1.82) is 0 Å². The van der Waals surface area contributed by atoms with Crippen LogP contribution in [0.2, 0.25) is 0 Å². The van der Waals surface area contributed by atoms with Crippen LogP contribution in [0.4, 0.5) is 0 Å². The lowest BCUT2D eigenvalue weighted by atomic mass is 9.90. The van der Waals surface area contributed by atoms with E-state index in [1.807, 2.05) is 0 Å². The van der Waals surface area contributed by atoms with E-state index >= 15 is 0 Å². The molecule has 10 N–H and O–H groups in total. The highest BCUT2D eigenvalue weighted by atomic mass is 32.2. The van der Waals surface area contributed by atoms with Crippen LogP contribution in [0.1, 0.15) is 77.9 Å². The third-order valence-electron chi connectivity index (χ3n) is 11.4. The predicted octanol–water partition coefficient (Wildman–Crippen LogP) is 4.66. The molecule has 65 heavy (non-hydrogen) atoms. The molecule has 0 heterocycles. The predicted molar refractivity (Wildman–Crippen MR) is 229 cm³/mol. The minimum absolute atomic E-state index is 0.00595. The monoisotopic (exact) mass is 1000 g/mol. The Morgan fingerprint density at radius 1 is 0.323 bits per heavy atom. The Labute approximate surface area is 373 Å². The SMILES string of the molecule is Cc1c(S(=O)(=O)O)cc(Cc2c(S(=O)(=O)O)cc(Cc3c(S(=O)(=O)O)cc(Cc4c(S(=O)(=O)O)cc(Cc5c(S(=O)(=O)O)ccc(O)c5C)c(O)c4C)c(O)c3C)c(O)c2C)c(O)c1C. The number of hydrogen-bond acceptors (Lipinski definition) is 15. The van der Waals surface area contributed by atoms with E-state index in [1.165, 1.54) is 34.6 Å². The molecule has 0 radical (unpaired) electrons. The number of aromatic hydroxyl groups is 5. The highest BCUT2D eigenvalue weighted by molar-refractivity contribution is 7.87. The molecule has 0 saturated carbocycles. The minimum Gasteiger partial charge on any atom is -0.508 e. The number of rotatable bonds is 13. The van der Waals surface area contributed by atoms with Gasteiger partial charge in [0.2, 0.25) is 0 Å². The average Bonchev–Trinajstić information content (AvgIpc) is 3.16. The van der Waals surface area contributed by atoms with Gasteiger partial charge in [-0.1, -0.05) is 0 Å². The Kier molecular flexibility index (Phi) is 13.4. The molecule has 0 aliphatic carbocycles. The Balaban J connectivity index is 1.68. The molecule has 0 amide bonds. The highest BCUT2D eigenvalue weighted by Crippen LogP contribution is 2.42. The summed E-state index contributed by atoms with van der Waals surface area (Å²) in [6.07, 6.45) is -2.87. The molecule has 5 aromatic carbocycles. The van der Waals surface area contributed by atoms with Crippen LogP contribution in [0.5, 0.6) is 28.7 Å². The van der Waals surface area contributed by atoms with Gasteiger partial charge in [0.1, 0.15) is 28.7 Å². The lowest BCUT2D eigenvalue weighted by Gasteiger charge is -2.21. The Morgan fingerprint density at radius 2 is 0.569 bits per heavy atom. The summed E-state index contributed by atoms with van der Waals surface area (Å²) in [5, 5.41) is 55.4. The molecule has 352 valence electrons. The van der Waals surface area contributed by atoms with Crippen molar-refractivity contribution in [2.75, 3.05) is 0 Å². The maximum absolute atomic E-state index is 13.0.